The predicted octanol–water partition coefficient (Wildman–Crippen LogP) is 25.7. The average molecular weight is 1300 g/mol. The van der Waals surface area contributed by atoms with Crippen molar-refractivity contribution in [1.29, 1.82) is 0 Å². The highest BCUT2D eigenvalue weighted by Crippen LogP contribution is 2.52. The van der Waals surface area contributed by atoms with Gasteiger partial charge in [-0.2, -0.15) is 0 Å². The van der Waals surface area contributed by atoms with E-state index >= 15 is 0 Å². The molecule has 2 heterocycles. The number of hydrogen-bond donors (Lipinski definition) is 2. The molecule has 6 nitrogen and oxygen atoms in total. The van der Waals surface area contributed by atoms with Crippen molar-refractivity contribution in [3.05, 3.63) is 178 Å². The molecule has 0 spiro atoms. The van der Waals surface area contributed by atoms with Crippen LogP contribution in [-0.2, 0) is 43.3 Å². The molecule has 0 aliphatic rings. The Bertz CT molecular complexity index is 4190. The smallest absolute Gasteiger partial charge is 0.147 e. The molecule has 2 N–H and O–H groups in total. The zero-order valence-electron chi connectivity index (χ0n) is 64.8. The van der Waals surface area contributed by atoms with Crippen LogP contribution in [0.3, 0.4) is 0 Å². The molecule has 0 fully saturated rings. The minimum absolute atomic E-state index is 0.0248. The van der Waals surface area contributed by atoms with Gasteiger partial charge in [0.15, 0.2) is 0 Å². The first-order valence-corrected chi connectivity index (χ1v) is 35.9. The average Bonchev–Trinajstić information content (AvgIpc) is 1.63. The van der Waals surface area contributed by atoms with Gasteiger partial charge in [-0.15, -0.1) is 0 Å². The summed E-state index contributed by atoms with van der Waals surface area (Å²) in [6, 6.07) is 49.7. The maximum atomic E-state index is 13.4. The van der Waals surface area contributed by atoms with Gasteiger partial charge < -0.3 is 28.8 Å². The third-order valence-electron chi connectivity index (χ3n) is 20.2. The Balaban J connectivity index is 1.08. The summed E-state index contributed by atoms with van der Waals surface area (Å²) in [7, 11) is 0. The molecular formula is C91H118N2O4. The number of benzene rings is 8. The molecule has 0 bridgehead atoms. The lowest BCUT2D eigenvalue weighted by atomic mass is 9.71. The van der Waals surface area contributed by atoms with E-state index in [0.29, 0.717) is 31.1 Å². The van der Waals surface area contributed by atoms with Gasteiger partial charge in [0.25, 0.3) is 0 Å². The third-order valence-corrected chi connectivity index (χ3v) is 20.2. The fraction of sp³-hybridized carbons (Fsp3) is 0.473. The standard InChI is InChI=1S/C91H118N2O4/c1-82(2,3)54-90(25,26)62-50-70(80(94)76(52-62)92-72-36-30-56(84(7,8)9)44-64(72)65-45-57(85(10,11)12)31-37-73(65)92)68-48-60(88(19,20)21)34-40-78(68)96-42-29-43-97-79-41-35-61(89(22,23)24)49-69(79)71-51-63(91(27,28)55-83(4,5)6)53-77(81(71)95)93-74-38-32-58(86(13,14)15)46-66(74)67-47-59(87(16,17)18)33-39-75(67)93/h30-41,44-53,94-95H,29,42-43,54-55H2,1-28H3. The zero-order chi connectivity index (χ0) is 71.7. The number of aromatic hydroxyl groups is 2. The Morgan fingerprint density at radius 2 is 0.515 bits per heavy atom. The number of hydrogen-bond acceptors (Lipinski definition) is 4. The van der Waals surface area contributed by atoms with E-state index in [-0.39, 0.29) is 65.6 Å². The summed E-state index contributed by atoms with van der Waals surface area (Å²) in [4.78, 5) is 0. The van der Waals surface area contributed by atoms with Gasteiger partial charge in [-0.25, -0.2) is 0 Å². The van der Waals surface area contributed by atoms with Crippen LogP contribution in [-0.4, -0.2) is 32.6 Å². The highest BCUT2D eigenvalue weighted by molar-refractivity contribution is 6.11. The number of rotatable bonds is 14. The molecule has 516 valence electrons. The minimum atomic E-state index is -0.281. The zero-order valence-corrected chi connectivity index (χ0v) is 64.8. The Morgan fingerprint density at radius 1 is 0.278 bits per heavy atom. The number of phenolic OH excluding ortho intramolecular Hbond substituents is 2. The molecular weight excluding hydrogens is 1190 g/mol. The van der Waals surface area contributed by atoms with E-state index in [1.807, 2.05) is 0 Å². The van der Waals surface area contributed by atoms with Gasteiger partial charge >= 0.3 is 0 Å². The summed E-state index contributed by atoms with van der Waals surface area (Å²) in [6.45, 7) is 64.8. The van der Waals surface area contributed by atoms with Gasteiger partial charge in [-0.05, 0) is 209 Å². The van der Waals surface area contributed by atoms with E-state index in [1.165, 1.54) is 43.8 Å². The van der Waals surface area contributed by atoms with Crippen molar-refractivity contribution >= 4 is 43.6 Å². The Labute approximate surface area is 584 Å². The molecule has 0 unspecified atom stereocenters. The summed E-state index contributed by atoms with van der Waals surface area (Å²) < 4.78 is 18.7. The van der Waals surface area contributed by atoms with Crippen molar-refractivity contribution in [1.82, 2.24) is 9.13 Å². The van der Waals surface area contributed by atoms with Crippen molar-refractivity contribution in [2.75, 3.05) is 13.2 Å². The van der Waals surface area contributed by atoms with Crippen molar-refractivity contribution in [2.45, 2.75) is 256 Å². The van der Waals surface area contributed by atoms with E-state index in [4.69, 9.17) is 9.47 Å². The fourth-order valence-electron chi connectivity index (χ4n) is 15.1. The van der Waals surface area contributed by atoms with Crippen LogP contribution < -0.4 is 9.47 Å². The molecule has 0 aliphatic carbocycles. The van der Waals surface area contributed by atoms with Gasteiger partial charge in [0, 0.05) is 50.2 Å². The number of phenols is 2. The van der Waals surface area contributed by atoms with E-state index in [9.17, 15) is 10.2 Å². The van der Waals surface area contributed by atoms with Crippen LogP contribution >= 0.6 is 0 Å². The summed E-state index contributed by atoms with van der Waals surface area (Å²) in [5.74, 6) is 1.81. The number of ether oxygens (including phenoxy) is 2. The molecule has 2 aromatic heterocycles. The predicted molar refractivity (Wildman–Crippen MR) is 418 cm³/mol. The minimum Gasteiger partial charge on any atom is -0.505 e. The molecule has 0 saturated heterocycles. The van der Waals surface area contributed by atoms with E-state index < -0.39 is 0 Å². The van der Waals surface area contributed by atoms with Crippen LogP contribution in [0.2, 0.25) is 0 Å². The van der Waals surface area contributed by atoms with Gasteiger partial charge in [0.2, 0.25) is 0 Å². The normalized spacial score (nSPS) is 13.6. The van der Waals surface area contributed by atoms with Gasteiger partial charge in [0.1, 0.15) is 23.0 Å². The van der Waals surface area contributed by atoms with Gasteiger partial charge in [-0.3, -0.25) is 0 Å². The van der Waals surface area contributed by atoms with Crippen LogP contribution in [0.1, 0.15) is 258 Å². The lowest BCUT2D eigenvalue weighted by Gasteiger charge is -2.34. The summed E-state index contributed by atoms with van der Waals surface area (Å²) in [5.41, 5.74) is 17.4. The third kappa shape index (κ3) is 15.0. The second-order valence-electron chi connectivity index (χ2n) is 38.6. The highest BCUT2D eigenvalue weighted by atomic mass is 16.5. The summed E-state index contributed by atoms with van der Waals surface area (Å²) in [6.07, 6.45) is 2.41. The number of aromatic nitrogens is 2. The topological polar surface area (TPSA) is 68.8 Å². The molecule has 0 radical (unpaired) electrons. The molecule has 97 heavy (non-hydrogen) atoms. The van der Waals surface area contributed by atoms with Gasteiger partial charge in [-0.1, -0.05) is 230 Å². The number of fused-ring (bicyclic) bond motifs is 6. The monoisotopic (exact) mass is 1300 g/mol. The van der Waals surface area contributed by atoms with Crippen LogP contribution in [0.15, 0.2) is 133 Å². The van der Waals surface area contributed by atoms with Crippen LogP contribution in [0, 0.1) is 10.8 Å². The second-order valence-corrected chi connectivity index (χ2v) is 38.6. The van der Waals surface area contributed by atoms with Crippen molar-refractivity contribution in [2.24, 2.45) is 10.8 Å². The Kier molecular flexibility index (Phi) is 18.5. The van der Waals surface area contributed by atoms with Crippen molar-refractivity contribution in [3.8, 4) is 56.6 Å². The first-order chi connectivity index (χ1) is 44.4. The lowest BCUT2D eigenvalue weighted by molar-refractivity contribution is 0.248. The fourth-order valence-corrected chi connectivity index (χ4v) is 15.1. The van der Waals surface area contributed by atoms with Crippen LogP contribution in [0.25, 0.3) is 77.2 Å². The summed E-state index contributed by atoms with van der Waals surface area (Å²) in [5, 5.41) is 31.5. The molecule has 0 saturated carbocycles. The van der Waals surface area contributed by atoms with Crippen LogP contribution in [0.4, 0.5) is 0 Å². The summed E-state index contributed by atoms with van der Waals surface area (Å²) >= 11 is 0. The molecule has 0 atom stereocenters. The first kappa shape index (κ1) is 72.3. The first-order valence-electron chi connectivity index (χ1n) is 35.9. The molecule has 0 aliphatic heterocycles. The molecule has 0 amide bonds. The quantitative estimate of drug-likeness (QED) is 0.106. The van der Waals surface area contributed by atoms with E-state index in [2.05, 4.69) is 336 Å². The maximum Gasteiger partial charge on any atom is 0.147 e. The number of nitrogens with zero attached hydrogens (tertiary/aromatic N) is 2. The Morgan fingerprint density at radius 3 is 0.763 bits per heavy atom. The van der Waals surface area contributed by atoms with Crippen molar-refractivity contribution < 1.29 is 19.7 Å². The molecule has 10 aromatic rings. The van der Waals surface area contributed by atoms with E-state index in [0.717, 1.165) is 90.8 Å². The molecule has 8 aromatic carbocycles. The maximum absolute atomic E-state index is 13.4. The van der Waals surface area contributed by atoms with E-state index in [1.54, 1.807) is 0 Å². The molecule has 10 rings (SSSR count). The van der Waals surface area contributed by atoms with Crippen molar-refractivity contribution in [3.63, 3.8) is 0 Å². The van der Waals surface area contributed by atoms with Crippen LogP contribution in [0.5, 0.6) is 23.0 Å². The second kappa shape index (κ2) is 24.8. The van der Waals surface area contributed by atoms with Gasteiger partial charge in [0.05, 0.1) is 46.7 Å². The molecule has 6 heteroatoms. The highest BCUT2D eigenvalue weighted by Gasteiger charge is 2.35. The Hall–Kier alpha value is -7.44. The lowest BCUT2D eigenvalue weighted by Crippen LogP contribution is -2.25. The largest absolute Gasteiger partial charge is 0.505 e. The SMILES string of the molecule is CC(C)(C)CC(C)(C)c1cc(-c2cc(C(C)(C)C)ccc2OCCCOc2ccc(C(C)(C)C)cc2-c2cc(C(C)(C)CC(C)(C)C)cc(-n3c4ccc(C(C)(C)C)cc4c4cc(C(C)(C)C)ccc43)c2O)c(O)c(-n2c3ccc(C(C)(C)C)cc3c3cc(C(C)(C)C)ccc32)c1.